The van der Waals surface area contributed by atoms with Crippen molar-refractivity contribution in [2.45, 2.75) is 31.7 Å². The van der Waals surface area contributed by atoms with Crippen LogP contribution in [0.4, 0.5) is 0 Å². The van der Waals surface area contributed by atoms with Gasteiger partial charge in [0.25, 0.3) is 0 Å². The first-order valence-corrected chi connectivity index (χ1v) is 4.57. The van der Waals surface area contributed by atoms with Crippen LogP contribution >= 0.6 is 12.4 Å². The number of rotatable bonds is 1. The van der Waals surface area contributed by atoms with Crippen molar-refractivity contribution in [2.75, 3.05) is 0 Å². The molecule has 0 unspecified atom stereocenters. The molecule has 0 spiro atoms. The minimum atomic E-state index is 0. The summed E-state index contributed by atoms with van der Waals surface area (Å²) in [5.41, 5.74) is 8.79. The van der Waals surface area contributed by atoms with Crippen molar-refractivity contribution in [3.8, 4) is 0 Å². The molecule has 0 aliphatic heterocycles. The van der Waals surface area contributed by atoms with E-state index < -0.39 is 0 Å². The molecule has 1 aliphatic rings. The van der Waals surface area contributed by atoms with E-state index in [0.717, 1.165) is 12.8 Å². The van der Waals surface area contributed by atoms with E-state index in [0.29, 0.717) is 0 Å². The molecule has 72 valence electrons. The van der Waals surface area contributed by atoms with Crippen LogP contribution in [0.5, 0.6) is 0 Å². The zero-order valence-corrected chi connectivity index (χ0v) is 8.73. The number of benzene rings is 1. The summed E-state index contributed by atoms with van der Waals surface area (Å²) in [4.78, 5) is 0. The van der Waals surface area contributed by atoms with Gasteiger partial charge in [-0.1, -0.05) is 29.8 Å². The first-order chi connectivity index (χ1) is 5.71. The zero-order valence-electron chi connectivity index (χ0n) is 7.92. The molecule has 0 heterocycles. The van der Waals surface area contributed by atoms with Crippen LogP contribution in [0.1, 0.15) is 30.4 Å². The maximum Gasteiger partial charge on any atom is 0.0409 e. The summed E-state index contributed by atoms with van der Waals surface area (Å²) >= 11 is 0. The van der Waals surface area contributed by atoms with Gasteiger partial charge in [0.1, 0.15) is 0 Å². The molecule has 2 rings (SSSR count). The third-order valence-corrected chi connectivity index (χ3v) is 2.87. The third kappa shape index (κ3) is 1.87. The van der Waals surface area contributed by atoms with Crippen LogP contribution in [0.2, 0.25) is 0 Å². The molecule has 2 N–H and O–H groups in total. The van der Waals surface area contributed by atoms with Crippen molar-refractivity contribution < 1.29 is 0 Å². The summed E-state index contributed by atoms with van der Waals surface area (Å²) in [6, 6.07) is 8.60. The van der Waals surface area contributed by atoms with Crippen LogP contribution in [0.25, 0.3) is 0 Å². The topological polar surface area (TPSA) is 26.0 Å². The van der Waals surface area contributed by atoms with Crippen molar-refractivity contribution >= 4 is 12.4 Å². The molecule has 1 aromatic rings. The Morgan fingerprint density at radius 3 is 2.08 bits per heavy atom. The Morgan fingerprint density at radius 1 is 1.15 bits per heavy atom. The molecule has 0 aromatic heterocycles. The van der Waals surface area contributed by atoms with Gasteiger partial charge in [0.15, 0.2) is 0 Å². The molecule has 1 aromatic carbocycles. The highest BCUT2D eigenvalue weighted by molar-refractivity contribution is 5.85. The Morgan fingerprint density at radius 2 is 1.69 bits per heavy atom. The molecular weight excluding hydrogens is 182 g/mol. The number of halogens is 1. The van der Waals surface area contributed by atoms with Crippen LogP contribution < -0.4 is 5.73 Å². The van der Waals surface area contributed by atoms with Gasteiger partial charge in [-0.3, -0.25) is 0 Å². The minimum absolute atomic E-state index is 0. The second-order valence-electron chi connectivity index (χ2n) is 3.88. The van der Waals surface area contributed by atoms with E-state index in [1.54, 1.807) is 0 Å². The molecule has 1 fully saturated rings. The molecule has 2 heteroatoms. The van der Waals surface area contributed by atoms with E-state index in [1.165, 1.54) is 17.5 Å². The lowest BCUT2D eigenvalue weighted by molar-refractivity contribution is 0.253. The molecular formula is C11H16ClN. The standard InChI is InChI=1S/C11H15N.ClH/c1-9-3-5-10(6-4-9)11(12)7-2-8-11;/h3-6H,2,7-8,12H2,1H3;1H. The lowest BCUT2D eigenvalue weighted by Gasteiger charge is -2.38. The molecule has 13 heavy (non-hydrogen) atoms. The van der Waals surface area contributed by atoms with Gasteiger partial charge >= 0.3 is 0 Å². The summed E-state index contributed by atoms with van der Waals surface area (Å²) < 4.78 is 0. The molecule has 1 aliphatic carbocycles. The summed E-state index contributed by atoms with van der Waals surface area (Å²) in [5, 5.41) is 0. The lowest BCUT2D eigenvalue weighted by atomic mass is 9.73. The first kappa shape index (κ1) is 10.6. The van der Waals surface area contributed by atoms with Gasteiger partial charge in [0.2, 0.25) is 0 Å². The molecule has 0 bridgehead atoms. The van der Waals surface area contributed by atoms with Crippen LogP contribution in [-0.4, -0.2) is 0 Å². The largest absolute Gasteiger partial charge is 0.321 e. The quantitative estimate of drug-likeness (QED) is 0.736. The second kappa shape index (κ2) is 3.69. The fraction of sp³-hybridized carbons (Fsp3) is 0.455. The highest BCUT2D eigenvalue weighted by atomic mass is 35.5. The first-order valence-electron chi connectivity index (χ1n) is 4.57. The van der Waals surface area contributed by atoms with E-state index in [9.17, 15) is 0 Å². The average molecular weight is 198 g/mol. The summed E-state index contributed by atoms with van der Waals surface area (Å²) in [7, 11) is 0. The van der Waals surface area contributed by atoms with Crippen molar-refractivity contribution in [3.05, 3.63) is 35.4 Å². The van der Waals surface area contributed by atoms with Crippen molar-refractivity contribution in [2.24, 2.45) is 5.73 Å². The molecule has 1 saturated carbocycles. The monoisotopic (exact) mass is 197 g/mol. The van der Waals surface area contributed by atoms with Crippen LogP contribution in [0, 0.1) is 6.92 Å². The number of hydrogen-bond acceptors (Lipinski definition) is 1. The molecule has 0 saturated heterocycles. The van der Waals surface area contributed by atoms with E-state index in [2.05, 4.69) is 31.2 Å². The Balaban J connectivity index is 0.000000845. The van der Waals surface area contributed by atoms with Crippen LogP contribution in [0.15, 0.2) is 24.3 Å². The van der Waals surface area contributed by atoms with Gasteiger partial charge in [-0.2, -0.15) is 0 Å². The maximum absolute atomic E-state index is 6.17. The maximum atomic E-state index is 6.17. The molecule has 0 atom stereocenters. The van der Waals surface area contributed by atoms with Crippen molar-refractivity contribution in [1.29, 1.82) is 0 Å². The highest BCUT2D eigenvalue weighted by Gasteiger charge is 2.33. The van der Waals surface area contributed by atoms with E-state index >= 15 is 0 Å². The molecule has 0 amide bonds. The summed E-state index contributed by atoms with van der Waals surface area (Å²) in [6.45, 7) is 2.10. The summed E-state index contributed by atoms with van der Waals surface area (Å²) in [5.74, 6) is 0. The average Bonchev–Trinajstić information content (AvgIpc) is 2.02. The third-order valence-electron chi connectivity index (χ3n) is 2.87. The number of hydrogen-bond donors (Lipinski definition) is 1. The zero-order chi connectivity index (χ0) is 8.60. The van der Waals surface area contributed by atoms with Crippen LogP contribution in [0.3, 0.4) is 0 Å². The Labute approximate surface area is 85.7 Å². The molecule has 0 radical (unpaired) electrons. The van der Waals surface area contributed by atoms with Gasteiger partial charge in [0, 0.05) is 5.54 Å². The SMILES string of the molecule is Cc1ccc(C2(N)CCC2)cc1.Cl. The fourth-order valence-electron chi connectivity index (χ4n) is 1.73. The predicted octanol–water partition coefficient (Wildman–Crippen LogP) is 2.75. The van der Waals surface area contributed by atoms with Gasteiger partial charge < -0.3 is 5.73 Å². The number of aryl methyl sites for hydroxylation is 1. The predicted molar refractivity (Wildman–Crippen MR) is 58.1 cm³/mol. The van der Waals surface area contributed by atoms with E-state index in [4.69, 9.17) is 5.73 Å². The van der Waals surface area contributed by atoms with Gasteiger partial charge in [-0.25, -0.2) is 0 Å². The summed E-state index contributed by atoms with van der Waals surface area (Å²) in [6.07, 6.45) is 3.58. The van der Waals surface area contributed by atoms with Crippen LogP contribution in [-0.2, 0) is 5.54 Å². The Bertz CT molecular complexity index is 275. The van der Waals surface area contributed by atoms with Crippen molar-refractivity contribution in [3.63, 3.8) is 0 Å². The highest BCUT2D eigenvalue weighted by Crippen LogP contribution is 2.38. The smallest absolute Gasteiger partial charge is 0.0409 e. The fourth-order valence-corrected chi connectivity index (χ4v) is 1.73. The normalized spacial score (nSPS) is 18.6. The Kier molecular flexibility index (Phi) is 2.99. The van der Waals surface area contributed by atoms with Crippen molar-refractivity contribution in [1.82, 2.24) is 0 Å². The van der Waals surface area contributed by atoms with Gasteiger partial charge in [0.05, 0.1) is 0 Å². The van der Waals surface area contributed by atoms with Gasteiger partial charge in [-0.15, -0.1) is 12.4 Å². The number of nitrogens with two attached hydrogens (primary N) is 1. The Hall–Kier alpha value is -0.530. The van der Waals surface area contributed by atoms with E-state index in [-0.39, 0.29) is 17.9 Å². The minimum Gasteiger partial charge on any atom is -0.321 e. The second-order valence-corrected chi connectivity index (χ2v) is 3.88. The van der Waals surface area contributed by atoms with E-state index in [1.807, 2.05) is 0 Å². The molecule has 1 nitrogen and oxygen atoms in total. The lowest BCUT2D eigenvalue weighted by Crippen LogP contribution is -2.43. The van der Waals surface area contributed by atoms with Gasteiger partial charge in [-0.05, 0) is 31.7 Å².